The van der Waals surface area contributed by atoms with Crippen molar-refractivity contribution in [1.29, 1.82) is 0 Å². The fraction of sp³-hybridized carbons (Fsp3) is 0.571. The number of nitrogens with one attached hydrogen (secondary N) is 1. The zero-order valence-electron chi connectivity index (χ0n) is 16.4. The molecule has 0 radical (unpaired) electrons. The maximum absolute atomic E-state index is 12.9. The Balaban J connectivity index is 1.55. The van der Waals surface area contributed by atoms with E-state index in [9.17, 15) is 9.59 Å². The normalized spacial score (nSPS) is 20.2. The fourth-order valence-electron chi connectivity index (χ4n) is 4.29. The summed E-state index contributed by atoms with van der Waals surface area (Å²) in [6.45, 7) is 5.21. The van der Waals surface area contributed by atoms with Crippen LogP contribution in [0.5, 0.6) is 0 Å². The second-order valence-electron chi connectivity index (χ2n) is 7.77. The van der Waals surface area contributed by atoms with Crippen LogP contribution in [-0.2, 0) is 24.3 Å². The molecule has 0 spiro atoms. The van der Waals surface area contributed by atoms with Crippen molar-refractivity contribution >= 4 is 17.2 Å². The summed E-state index contributed by atoms with van der Waals surface area (Å²) in [5.41, 5.74) is 1.66. The van der Waals surface area contributed by atoms with Crippen LogP contribution in [0.15, 0.2) is 22.3 Å². The zero-order chi connectivity index (χ0) is 19.5. The monoisotopic (exact) mass is 400 g/mol. The van der Waals surface area contributed by atoms with Crippen LogP contribution >= 0.6 is 11.3 Å². The van der Waals surface area contributed by atoms with Crippen molar-refractivity contribution in [3.63, 3.8) is 0 Å². The Morgan fingerprint density at radius 2 is 2.25 bits per heavy atom. The standard InChI is InChI=1S/C21H28N4O2S/c1-2-6-19(26)25-10-4-3-8-18(25)20-22-17-9-11-24(13-15-7-5-12-28-15)14-16(17)21(27)23-20/h5,7,12,18H,2-4,6,8-11,13-14H2,1H3,(H,22,23,27). The van der Waals surface area contributed by atoms with E-state index in [0.717, 1.165) is 63.0 Å². The minimum absolute atomic E-state index is 0.0376. The third-order valence-electron chi connectivity index (χ3n) is 5.73. The van der Waals surface area contributed by atoms with Gasteiger partial charge in [-0.25, -0.2) is 4.98 Å². The molecule has 1 unspecified atom stereocenters. The quantitative estimate of drug-likeness (QED) is 0.837. The van der Waals surface area contributed by atoms with E-state index < -0.39 is 0 Å². The number of hydrogen-bond donors (Lipinski definition) is 1. The number of aromatic amines is 1. The summed E-state index contributed by atoms with van der Waals surface area (Å²) in [4.78, 5) is 38.8. The van der Waals surface area contributed by atoms with Crippen LogP contribution in [0.4, 0.5) is 0 Å². The van der Waals surface area contributed by atoms with Crippen LogP contribution in [0.25, 0.3) is 0 Å². The highest BCUT2D eigenvalue weighted by molar-refractivity contribution is 7.09. The van der Waals surface area contributed by atoms with Crippen molar-refractivity contribution in [2.75, 3.05) is 13.1 Å². The Labute approximate surface area is 169 Å². The summed E-state index contributed by atoms with van der Waals surface area (Å²) in [6, 6.07) is 4.11. The molecule has 1 N–H and O–H groups in total. The number of piperidine rings is 1. The summed E-state index contributed by atoms with van der Waals surface area (Å²) >= 11 is 1.75. The molecule has 2 aliphatic rings. The summed E-state index contributed by atoms with van der Waals surface area (Å²) in [5.74, 6) is 0.856. The summed E-state index contributed by atoms with van der Waals surface area (Å²) < 4.78 is 0. The van der Waals surface area contributed by atoms with Gasteiger partial charge in [-0.3, -0.25) is 14.5 Å². The lowest BCUT2D eigenvalue weighted by molar-refractivity contribution is -0.135. The van der Waals surface area contributed by atoms with Gasteiger partial charge >= 0.3 is 0 Å². The van der Waals surface area contributed by atoms with Crippen LogP contribution < -0.4 is 5.56 Å². The van der Waals surface area contributed by atoms with Gasteiger partial charge in [-0.15, -0.1) is 11.3 Å². The lowest BCUT2D eigenvalue weighted by atomic mass is 9.99. The highest BCUT2D eigenvalue weighted by Crippen LogP contribution is 2.30. The number of fused-ring (bicyclic) bond motifs is 1. The van der Waals surface area contributed by atoms with Gasteiger partial charge in [0.25, 0.3) is 5.56 Å². The first-order valence-corrected chi connectivity index (χ1v) is 11.2. The van der Waals surface area contributed by atoms with Gasteiger partial charge in [0.15, 0.2) is 0 Å². The molecule has 2 aliphatic heterocycles. The van der Waals surface area contributed by atoms with Crippen molar-refractivity contribution < 1.29 is 4.79 Å². The first kappa shape index (κ1) is 19.3. The Hall–Kier alpha value is -1.99. The van der Waals surface area contributed by atoms with Gasteiger partial charge in [-0.05, 0) is 37.1 Å². The summed E-state index contributed by atoms with van der Waals surface area (Å²) in [5, 5.41) is 2.09. The molecule has 0 aromatic carbocycles. The van der Waals surface area contributed by atoms with E-state index in [1.165, 1.54) is 4.88 Å². The van der Waals surface area contributed by atoms with Crippen molar-refractivity contribution in [1.82, 2.24) is 19.8 Å². The molecule has 4 heterocycles. The molecule has 1 fully saturated rings. The molecule has 4 rings (SSSR count). The second kappa shape index (κ2) is 8.57. The van der Waals surface area contributed by atoms with Crippen LogP contribution in [0, 0.1) is 0 Å². The minimum Gasteiger partial charge on any atom is -0.333 e. The molecule has 7 heteroatoms. The van der Waals surface area contributed by atoms with Crippen LogP contribution in [0.3, 0.4) is 0 Å². The van der Waals surface area contributed by atoms with E-state index in [4.69, 9.17) is 4.98 Å². The highest BCUT2D eigenvalue weighted by atomic mass is 32.1. The Kier molecular flexibility index (Phi) is 5.92. The predicted octanol–water partition coefficient (Wildman–Crippen LogP) is 3.24. The number of amides is 1. The Morgan fingerprint density at radius 3 is 3.04 bits per heavy atom. The third kappa shape index (κ3) is 4.05. The van der Waals surface area contributed by atoms with Gasteiger partial charge in [0.05, 0.1) is 17.3 Å². The number of H-pyrrole nitrogens is 1. The topological polar surface area (TPSA) is 69.3 Å². The van der Waals surface area contributed by atoms with Gasteiger partial charge in [-0.1, -0.05) is 13.0 Å². The molecule has 6 nitrogen and oxygen atoms in total. The Bertz CT molecular complexity index is 877. The molecular formula is C21H28N4O2S. The number of rotatable bonds is 5. The highest BCUT2D eigenvalue weighted by Gasteiger charge is 2.31. The van der Waals surface area contributed by atoms with Gasteiger partial charge in [0.2, 0.25) is 5.91 Å². The van der Waals surface area contributed by atoms with E-state index >= 15 is 0 Å². The number of aromatic nitrogens is 2. The largest absolute Gasteiger partial charge is 0.333 e. The molecule has 0 aliphatic carbocycles. The lowest BCUT2D eigenvalue weighted by Crippen LogP contribution is -2.41. The van der Waals surface area contributed by atoms with Gasteiger partial charge in [-0.2, -0.15) is 0 Å². The molecule has 1 saturated heterocycles. The number of carbonyl (C=O) groups excluding carboxylic acids is 1. The van der Waals surface area contributed by atoms with Crippen molar-refractivity contribution in [3.8, 4) is 0 Å². The smallest absolute Gasteiger partial charge is 0.255 e. The van der Waals surface area contributed by atoms with E-state index in [0.29, 0.717) is 18.8 Å². The predicted molar refractivity (Wildman–Crippen MR) is 110 cm³/mol. The molecule has 1 amide bonds. The van der Waals surface area contributed by atoms with Crippen LogP contribution in [-0.4, -0.2) is 38.8 Å². The molecular weight excluding hydrogens is 372 g/mol. The molecule has 0 saturated carbocycles. The molecule has 150 valence electrons. The lowest BCUT2D eigenvalue weighted by Gasteiger charge is -2.36. The maximum atomic E-state index is 12.9. The van der Waals surface area contributed by atoms with Gasteiger partial charge < -0.3 is 9.88 Å². The van der Waals surface area contributed by atoms with E-state index in [1.54, 1.807) is 11.3 Å². The zero-order valence-corrected chi connectivity index (χ0v) is 17.3. The second-order valence-corrected chi connectivity index (χ2v) is 8.80. The molecule has 1 atom stereocenters. The first-order chi connectivity index (χ1) is 13.7. The minimum atomic E-state index is -0.0880. The number of hydrogen-bond acceptors (Lipinski definition) is 5. The average Bonchev–Trinajstić information content (AvgIpc) is 3.21. The van der Waals surface area contributed by atoms with E-state index in [-0.39, 0.29) is 17.5 Å². The Morgan fingerprint density at radius 1 is 1.36 bits per heavy atom. The van der Waals surface area contributed by atoms with Gasteiger partial charge in [0.1, 0.15) is 5.82 Å². The van der Waals surface area contributed by atoms with E-state index in [1.807, 2.05) is 11.8 Å². The number of carbonyl (C=O) groups is 1. The maximum Gasteiger partial charge on any atom is 0.255 e. The molecule has 0 bridgehead atoms. The molecule has 28 heavy (non-hydrogen) atoms. The molecule has 2 aromatic heterocycles. The number of nitrogens with zero attached hydrogens (tertiary/aromatic N) is 3. The van der Waals surface area contributed by atoms with Gasteiger partial charge in [0, 0.05) is 43.9 Å². The summed E-state index contributed by atoms with van der Waals surface area (Å²) in [7, 11) is 0. The SMILES string of the molecule is CCCC(=O)N1CCCCC1c1nc2c(c(=O)[nH]1)CN(Cc1cccs1)CC2. The van der Waals surface area contributed by atoms with Crippen molar-refractivity contribution in [2.24, 2.45) is 0 Å². The third-order valence-corrected chi connectivity index (χ3v) is 6.59. The first-order valence-electron chi connectivity index (χ1n) is 10.3. The molecule has 2 aromatic rings. The van der Waals surface area contributed by atoms with Crippen molar-refractivity contribution in [3.05, 3.63) is 49.8 Å². The van der Waals surface area contributed by atoms with E-state index in [2.05, 4.69) is 27.4 Å². The average molecular weight is 401 g/mol. The fourth-order valence-corrected chi connectivity index (χ4v) is 5.03. The number of likely N-dealkylation sites (tertiary alicyclic amines) is 1. The van der Waals surface area contributed by atoms with Crippen LogP contribution in [0.2, 0.25) is 0 Å². The van der Waals surface area contributed by atoms with Crippen molar-refractivity contribution in [2.45, 2.75) is 64.6 Å². The number of thiophene rings is 1. The summed E-state index contributed by atoms with van der Waals surface area (Å²) in [6.07, 6.45) is 5.16. The van der Waals surface area contributed by atoms with Crippen LogP contribution in [0.1, 0.15) is 67.0 Å².